The molecule has 0 saturated heterocycles. The summed E-state index contributed by atoms with van der Waals surface area (Å²) in [7, 11) is 0. The summed E-state index contributed by atoms with van der Waals surface area (Å²) in [5, 5.41) is 2.82. The molecular weight excluding hydrogens is 284 g/mol. The second-order valence-electron chi connectivity index (χ2n) is 3.51. The molecule has 3 N–H and O–H groups in total. The van der Waals surface area contributed by atoms with Gasteiger partial charge in [-0.1, -0.05) is 15.9 Å². The first kappa shape index (κ1) is 14.0. The number of amides is 1. The van der Waals surface area contributed by atoms with E-state index >= 15 is 0 Å². The van der Waals surface area contributed by atoms with Crippen molar-refractivity contribution in [3.05, 3.63) is 22.7 Å². The summed E-state index contributed by atoms with van der Waals surface area (Å²) in [6.45, 7) is 2.98. The average molecular weight is 301 g/mol. The lowest BCUT2D eigenvalue weighted by molar-refractivity contribution is -0.116. The molecule has 0 aliphatic carbocycles. The number of halogens is 1. The minimum atomic E-state index is -0.0428. The molecule has 0 aromatic heterocycles. The van der Waals surface area contributed by atoms with Gasteiger partial charge in [-0.3, -0.25) is 4.79 Å². The van der Waals surface area contributed by atoms with Gasteiger partial charge in [-0.05, 0) is 38.1 Å². The van der Waals surface area contributed by atoms with Crippen molar-refractivity contribution in [2.24, 2.45) is 5.73 Å². The summed E-state index contributed by atoms with van der Waals surface area (Å²) in [4.78, 5) is 11.6. The largest absolute Gasteiger partial charge is 0.492 e. The lowest BCUT2D eigenvalue weighted by Crippen LogP contribution is -2.14. The Kier molecular flexibility index (Phi) is 6.00. The molecule has 1 aromatic rings. The van der Waals surface area contributed by atoms with Crippen molar-refractivity contribution in [3.63, 3.8) is 0 Å². The van der Waals surface area contributed by atoms with Gasteiger partial charge in [0.25, 0.3) is 0 Å². The maximum absolute atomic E-state index is 11.6. The summed E-state index contributed by atoms with van der Waals surface area (Å²) < 4.78 is 6.37. The molecule has 0 spiro atoms. The smallest absolute Gasteiger partial charge is 0.224 e. The standard InChI is InChI=1S/C12H17BrN2O2/c1-2-17-11-8-9(13)5-6-10(11)15-12(16)4-3-7-14/h5-6,8H,2-4,7,14H2,1H3,(H,15,16). The van der Waals surface area contributed by atoms with Crippen LogP contribution in [0.5, 0.6) is 5.75 Å². The summed E-state index contributed by atoms with van der Waals surface area (Å²) in [6.07, 6.45) is 1.12. The van der Waals surface area contributed by atoms with E-state index in [1.165, 1.54) is 0 Å². The lowest BCUT2D eigenvalue weighted by Gasteiger charge is -2.11. The minimum absolute atomic E-state index is 0.0428. The molecule has 1 aromatic carbocycles. The Morgan fingerprint density at radius 2 is 2.29 bits per heavy atom. The van der Waals surface area contributed by atoms with E-state index in [0.717, 1.165) is 4.47 Å². The van der Waals surface area contributed by atoms with Crippen molar-refractivity contribution < 1.29 is 9.53 Å². The molecule has 0 fully saturated rings. The first-order chi connectivity index (χ1) is 8.17. The van der Waals surface area contributed by atoms with E-state index in [-0.39, 0.29) is 5.91 Å². The van der Waals surface area contributed by atoms with Gasteiger partial charge in [0.2, 0.25) is 5.91 Å². The Bertz CT molecular complexity index is 383. The van der Waals surface area contributed by atoms with E-state index in [4.69, 9.17) is 10.5 Å². The van der Waals surface area contributed by atoms with Gasteiger partial charge in [0.05, 0.1) is 12.3 Å². The van der Waals surface area contributed by atoms with Crippen molar-refractivity contribution in [1.82, 2.24) is 0 Å². The number of carbonyl (C=O) groups excluding carboxylic acids is 1. The van der Waals surface area contributed by atoms with Gasteiger partial charge in [0.1, 0.15) is 5.75 Å². The van der Waals surface area contributed by atoms with Crippen molar-refractivity contribution in [2.45, 2.75) is 19.8 Å². The fourth-order valence-electron chi connectivity index (χ4n) is 1.35. The van der Waals surface area contributed by atoms with Crippen LogP contribution >= 0.6 is 15.9 Å². The van der Waals surface area contributed by atoms with Crippen LogP contribution in [0.3, 0.4) is 0 Å². The van der Waals surface area contributed by atoms with E-state index in [2.05, 4.69) is 21.2 Å². The molecule has 0 saturated carbocycles. The number of benzene rings is 1. The monoisotopic (exact) mass is 300 g/mol. The molecule has 1 rings (SSSR count). The lowest BCUT2D eigenvalue weighted by atomic mass is 10.2. The van der Waals surface area contributed by atoms with Crippen molar-refractivity contribution >= 4 is 27.5 Å². The van der Waals surface area contributed by atoms with Crippen molar-refractivity contribution in [2.75, 3.05) is 18.5 Å². The Labute approximate surface area is 110 Å². The highest BCUT2D eigenvalue weighted by atomic mass is 79.9. The van der Waals surface area contributed by atoms with E-state index in [0.29, 0.717) is 37.4 Å². The Balaban J connectivity index is 2.72. The maximum atomic E-state index is 11.6. The zero-order chi connectivity index (χ0) is 12.7. The fourth-order valence-corrected chi connectivity index (χ4v) is 1.69. The third-order valence-corrected chi connectivity index (χ3v) is 2.62. The van der Waals surface area contributed by atoms with Crippen LogP contribution in [0, 0.1) is 0 Å². The van der Waals surface area contributed by atoms with Crippen molar-refractivity contribution in [1.29, 1.82) is 0 Å². The van der Waals surface area contributed by atoms with Crippen molar-refractivity contribution in [3.8, 4) is 5.75 Å². The SMILES string of the molecule is CCOc1cc(Br)ccc1NC(=O)CCCN. The quantitative estimate of drug-likeness (QED) is 0.848. The topological polar surface area (TPSA) is 64.3 Å². The molecule has 94 valence electrons. The average Bonchev–Trinajstić information content (AvgIpc) is 2.30. The van der Waals surface area contributed by atoms with Crippen LogP contribution in [0.4, 0.5) is 5.69 Å². The molecular formula is C12H17BrN2O2. The predicted molar refractivity (Wildman–Crippen MR) is 72.2 cm³/mol. The highest BCUT2D eigenvalue weighted by molar-refractivity contribution is 9.10. The number of nitrogens with two attached hydrogens (primary N) is 1. The molecule has 5 heteroatoms. The minimum Gasteiger partial charge on any atom is -0.492 e. The summed E-state index contributed by atoms with van der Waals surface area (Å²) >= 11 is 3.37. The van der Waals surface area contributed by atoms with E-state index < -0.39 is 0 Å². The van der Waals surface area contributed by atoms with Crippen LogP contribution < -0.4 is 15.8 Å². The Hall–Kier alpha value is -1.07. The van der Waals surface area contributed by atoms with Gasteiger partial charge in [-0.2, -0.15) is 0 Å². The van der Waals surface area contributed by atoms with Gasteiger partial charge < -0.3 is 15.8 Å². The zero-order valence-corrected chi connectivity index (χ0v) is 11.4. The Morgan fingerprint density at radius 3 is 2.94 bits per heavy atom. The van der Waals surface area contributed by atoms with Crippen LogP contribution in [0.25, 0.3) is 0 Å². The molecule has 0 aliphatic rings. The number of carbonyl (C=O) groups is 1. The van der Waals surface area contributed by atoms with Gasteiger partial charge in [0, 0.05) is 10.9 Å². The Morgan fingerprint density at radius 1 is 1.53 bits per heavy atom. The first-order valence-electron chi connectivity index (χ1n) is 5.59. The molecule has 0 heterocycles. The van der Waals surface area contributed by atoms with Crippen LogP contribution in [-0.2, 0) is 4.79 Å². The predicted octanol–water partition coefficient (Wildman–Crippen LogP) is 2.53. The summed E-state index contributed by atoms with van der Waals surface area (Å²) in [6, 6.07) is 5.51. The number of ether oxygens (including phenoxy) is 1. The summed E-state index contributed by atoms with van der Waals surface area (Å²) in [5.74, 6) is 0.627. The second kappa shape index (κ2) is 7.29. The normalized spacial score (nSPS) is 10.1. The van der Waals surface area contributed by atoms with Crippen LogP contribution in [0.15, 0.2) is 22.7 Å². The molecule has 0 atom stereocenters. The van der Waals surface area contributed by atoms with E-state index in [1.54, 1.807) is 0 Å². The van der Waals surface area contributed by atoms with E-state index in [1.807, 2.05) is 25.1 Å². The molecule has 4 nitrogen and oxygen atoms in total. The molecule has 17 heavy (non-hydrogen) atoms. The molecule has 1 amide bonds. The zero-order valence-electron chi connectivity index (χ0n) is 9.83. The number of nitrogens with one attached hydrogen (secondary N) is 1. The highest BCUT2D eigenvalue weighted by Gasteiger charge is 2.07. The van der Waals surface area contributed by atoms with E-state index in [9.17, 15) is 4.79 Å². The van der Waals surface area contributed by atoms with Crippen LogP contribution in [0.1, 0.15) is 19.8 Å². The molecule has 0 radical (unpaired) electrons. The van der Waals surface area contributed by atoms with Gasteiger partial charge in [-0.25, -0.2) is 0 Å². The molecule has 0 aliphatic heterocycles. The van der Waals surface area contributed by atoms with Gasteiger partial charge in [0.15, 0.2) is 0 Å². The van der Waals surface area contributed by atoms with Crippen LogP contribution in [-0.4, -0.2) is 19.1 Å². The number of hydrogen-bond acceptors (Lipinski definition) is 3. The molecule has 0 unspecified atom stereocenters. The third-order valence-electron chi connectivity index (χ3n) is 2.13. The van der Waals surface area contributed by atoms with Gasteiger partial charge in [-0.15, -0.1) is 0 Å². The second-order valence-corrected chi connectivity index (χ2v) is 4.43. The number of anilines is 1. The fraction of sp³-hybridized carbons (Fsp3) is 0.417. The summed E-state index contributed by atoms with van der Waals surface area (Å²) in [5.41, 5.74) is 6.05. The first-order valence-corrected chi connectivity index (χ1v) is 6.39. The maximum Gasteiger partial charge on any atom is 0.224 e. The molecule has 0 bridgehead atoms. The van der Waals surface area contributed by atoms with Crippen LogP contribution in [0.2, 0.25) is 0 Å². The number of hydrogen-bond donors (Lipinski definition) is 2. The van der Waals surface area contributed by atoms with Gasteiger partial charge >= 0.3 is 0 Å². The third kappa shape index (κ3) is 4.75. The number of rotatable bonds is 6. The highest BCUT2D eigenvalue weighted by Crippen LogP contribution is 2.28.